The summed E-state index contributed by atoms with van der Waals surface area (Å²) < 4.78 is 0. The zero-order valence-corrected chi connectivity index (χ0v) is 6.20. The number of hydrogen-bond acceptors (Lipinski definition) is 3. The van der Waals surface area contributed by atoms with E-state index >= 15 is 0 Å². The summed E-state index contributed by atoms with van der Waals surface area (Å²) in [7, 11) is 0. The third-order valence-electron chi connectivity index (χ3n) is 2.47. The van der Waals surface area contributed by atoms with Gasteiger partial charge in [0.1, 0.15) is 5.60 Å². The number of hydrogen-bond donors (Lipinski definition) is 1. The van der Waals surface area contributed by atoms with E-state index in [4.69, 9.17) is 0 Å². The molecule has 1 aliphatic heterocycles. The number of piperidine rings is 1. The largest absolute Gasteiger partial charge is 0.380 e. The Hall–Kier alpha value is -0.900. The van der Waals surface area contributed by atoms with Gasteiger partial charge < -0.3 is 10.0 Å². The molecule has 4 nitrogen and oxygen atoms in total. The third-order valence-corrected chi connectivity index (χ3v) is 2.47. The van der Waals surface area contributed by atoms with Gasteiger partial charge >= 0.3 is 0 Å². The van der Waals surface area contributed by atoms with Crippen molar-refractivity contribution in [3.63, 3.8) is 0 Å². The van der Waals surface area contributed by atoms with Gasteiger partial charge in [0.25, 0.3) is 0 Å². The van der Waals surface area contributed by atoms with E-state index < -0.39 is 5.60 Å². The molecule has 0 radical (unpaired) electrons. The smallest absolute Gasteiger partial charge is 0.220 e. The van der Waals surface area contributed by atoms with E-state index in [9.17, 15) is 14.7 Å². The first-order chi connectivity index (χ1) is 5.05. The summed E-state index contributed by atoms with van der Waals surface area (Å²) in [6.07, 6.45) is 0.436. The van der Waals surface area contributed by atoms with Crippen LogP contribution in [0.4, 0.5) is 0 Å². The predicted octanol–water partition coefficient (Wildman–Crippen LogP) is -1.08. The second-order valence-corrected chi connectivity index (χ2v) is 3.21. The number of rotatable bonds is 0. The molecule has 0 aromatic carbocycles. The van der Waals surface area contributed by atoms with Gasteiger partial charge in [0.2, 0.25) is 5.91 Å². The number of fused-ring (bicyclic) bond motifs is 1. The molecule has 2 rings (SSSR count). The van der Waals surface area contributed by atoms with E-state index in [2.05, 4.69) is 0 Å². The van der Waals surface area contributed by atoms with Crippen LogP contribution in [0.5, 0.6) is 0 Å². The van der Waals surface area contributed by atoms with Gasteiger partial charge in [-0.05, 0) is 0 Å². The molecule has 1 aliphatic carbocycles. The van der Waals surface area contributed by atoms with Crippen molar-refractivity contribution < 1.29 is 14.7 Å². The van der Waals surface area contributed by atoms with Crippen LogP contribution in [0.2, 0.25) is 0 Å². The van der Waals surface area contributed by atoms with E-state index in [1.165, 1.54) is 11.8 Å². The number of nitrogens with zero attached hydrogens (tertiary/aromatic N) is 1. The van der Waals surface area contributed by atoms with Crippen LogP contribution in [0.25, 0.3) is 0 Å². The molecule has 2 atom stereocenters. The molecular weight excluding hydrogens is 146 g/mol. The van der Waals surface area contributed by atoms with Crippen LogP contribution in [0, 0.1) is 0 Å². The van der Waals surface area contributed by atoms with Crippen LogP contribution in [0.15, 0.2) is 0 Å². The minimum atomic E-state index is -1.16. The van der Waals surface area contributed by atoms with Gasteiger partial charge in [0, 0.05) is 13.3 Å². The summed E-state index contributed by atoms with van der Waals surface area (Å²) >= 11 is 0. The summed E-state index contributed by atoms with van der Waals surface area (Å²) in [5, 5.41) is 9.41. The molecular formula is C7H9NO3. The third kappa shape index (κ3) is 0.673. The average Bonchev–Trinajstić information content (AvgIpc) is 2.51. The highest BCUT2D eigenvalue weighted by Gasteiger charge is 2.67. The number of amides is 1. The van der Waals surface area contributed by atoms with Crippen LogP contribution in [-0.4, -0.2) is 39.9 Å². The first kappa shape index (κ1) is 6.79. The molecule has 0 aromatic heterocycles. The Morgan fingerprint density at radius 3 is 2.64 bits per heavy atom. The number of carbonyl (C=O) groups is 2. The minimum Gasteiger partial charge on any atom is -0.380 e. The highest BCUT2D eigenvalue weighted by Crippen LogP contribution is 2.46. The van der Waals surface area contributed by atoms with Crippen molar-refractivity contribution in [2.45, 2.75) is 25.0 Å². The van der Waals surface area contributed by atoms with Crippen molar-refractivity contribution in [1.29, 1.82) is 0 Å². The number of ketones is 1. The first-order valence-electron chi connectivity index (χ1n) is 3.58. The van der Waals surface area contributed by atoms with Crippen molar-refractivity contribution in [2.24, 2.45) is 0 Å². The van der Waals surface area contributed by atoms with Gasteiger partial charge in [0.15, 0.2) is 5.78 Å². The fraction of sp³-hybridized carbons (Fsp3) is 0.714. The van der Waals surface area contributed by atoms with Crippen LogP contribution < -0.4 is 0 Å². The van der Waals surface area contributed by atoms with E-state index in [0.717, 1.165) is 0 Å². The Morgan fingerprint density at radius 1 is 1.82 bits per heavy atom. The lowest BCUT2D eigenvalue weighted by atomic mass is 10.2. The summed E-state index contributed by atoms with van der Waals surface area (Å²) in [6.45, 7) is 1.51. The zero-order valence-electron chi connectivity index (χ0n) is 6.20. The predicted molar refractivity (Wildman–Crippen MR) is 35.7 cm³/mol. The van der Waals surface area contributed by atoms with Crippen molar-refractivity contribution >= 4 is 11.7 Å². The summed E-state index contributed by atoms with van der Waals surface area (Å²) in [5.74, 6) is -0.338. The van der Waals surface area contributed by atoms with Gasteiger partial charge in [-0.3, -0.25) is 9.59 Å². The maximum atomic E-state index is 11.0. The lowest BCUT2D eigenvalue weighted by molar-refractivity contribution is -0.132. The van der Waals surface area contributed by atoms with E-state index in [-0.39, 0.29) is 24.3 Å². The number of likely N-dealkylation sites (tertiary alicyclic amines) is 1. The summed E-state index contributed by atoms with van der Waals surface area (Å²) in [4.78, 5) is 23.3. The molecule has 1 heterocycles. The van der Waals surface area contributed by atoms with Crippen molar-refractivity contribution in [3.8, 4) is 0 Å². The van der Waals surface area contributed by atoms with Crippen LogP contribution >= 0.6 is 0 Å². The number of carbonyl (C=O) groups excluding carboxylic acids is 2. The molecule has 2 aliphatic rings. The molecule has 11 heavy (non-hydrogen) atoms. The topological polar surface area (TPSA) is 57.6 Å². The molecule has 1 N–H and O–H groups in total. The Morgan fingerprint density at radius 2 is 2.45 bits per heavy atom. The van der Waals surface area contributed by atoms with Crippen LogP contribution in [0.1, 0.15) is 13.3 Å². The molecule has 60 valence electrons. The van der Waals surface area contributed by atoms with Gasteiger partial charge in [-0.25, -0.2) is 0 Å². The van der Waals surface area contributed by atoms with E-state index in [1.807, 2.05) is 0 Å². The van der Waals surface area contributed by atoms with E-state index in [0.29, 0.717) is 6.42 Å². The average molecular weight is 155 g/mol. The minimum absolute atomic E-state index is 0.0937. The highest BCUT2D eigenvalue weighted by molar-refractivity contribution is 5.99. The number of Topliss-reactive ketones (excluding diaryl/α,β-unsaturated/α-hetero) is 1. The quantitative estimate of drug-likeness (QED) is 0.484. The Bertz CT molecular complexity index is 250. The lowest BCUT2D eigenvalue weighted by Crippen LogP contribution is -2.29. The Labute approximate surface area is 63.8 Å². The monoisotopic (exact) mass is 155 g/mol. The van der Waals surface area contributed by atoms with Gasteiger partial charge in [0.05, 0.1) is 12.6 Å². The van der Waals surface area contributed by atoms with Crippen molar-refractivity contribution in [1.82, 2.24) is 4.90 Å². The van der Waals surface area contributed by atoms with Crippen LogP contribution in [0.3, 0.4) is 0 Å². The maximum Gasteiger partial charge on any atom is 0.220 e. The van der Waals surface area contributed by atoms with Gasteiger partial charge in [-0.2, -0.15) is 0 Å². The molecule has 1 amide bonds. The molecule has 1 saturated carbocycles. The lowest BCUT2D eigenvalue weighted by Gasteiger charge is -2.12. The zero-order chi connectivity index (χ0) is 8.22. The SMILES string of the molecule is CC(=O)N1CC(=O)C2(O)CC12. The molecule has 2 unspecified atom stereocenters. The molecule has 1 saturated heterocycles. The van der Waals surface area contributed by atoms with Crippen molar-refractivity contribution in [3.05, 3.63) is 0 Å². The Kier molecular flexibility index (Phi) is 1.01. The fourth-order valence-corrected chi connectivity index (χ4v) is 1.64. The second-order valence-electron chi connectivity index (χ2n) is 3.21. The highest BCUT2D eigenvalue weighted by atomic mass is 16.3. The summed E-state index contributed by atoms with van der Waals surface area (Å²) in [5.41, 5.74) is -1.16. The molecule has 0 spiro atoms. The standard InChI is InChI=1S/C7H9NO3/c1-4(9)8-3-6(10)7(11)2-5(7)8/h5,11H,2-3H2,1H3. The van der Waals surface area contributed by atoms with Crippen LogP contribution in [-0.2, 0) is 9.59 Å². The fourth-order valence-electron chi connectivity index (χ4n) is 1.64. The second kappa shape index (κ2) is 1.64. The summed E-state index contributed by atoms with van der Waals surface area (Å²) in [6, 6.07) is -0.215. The molecule has 4 heteroatoms. The maximum absolute atomic E-state index is 11.0. The van der Waals surface area contributed by atoms with Crippen molar-refractivity contribution in [2.75, 3.05) is 6.54 Å². The first-order valence-corrected chi connectivity index (χ1v) is 3.58. The number of aliphatic hydroxyl groups is 1. The van der Waals surface area contributed by atoms with E-state index in [1.54, 1.807) is 0 Å². The molecule has 0 aromatic rings. The molecule has 0 bridgehead atoms. The molecule has 2 fully saturated rings. The normalized spacial score (nSPS) is 40.7. The van der Waals surface area contributed by atoms with Gasteiger partial charge in [-0.1, -0.05) is 0 Å². The van der Waals surface area contributed by atoms with Gasteiger partial charge in [-0.15, -0.1) is 0 Å². The Balaban J connectivity index is 2.22.